The number of halogens is 2. The van der Waals surface area contributed by atoms with E-state index in [1.807, 2.05) is 20.8 Å². The topological polar surface area (TPSA) is 38.9 Å². The van der Waals surface area contributed by atoms with E-state index in [1.54, 1.807) is 6.20 Å². The van der Waals surface area contributed by atoms with Crippen LogP contribution >= 0.6 is 27.5 Å². The van der Waals surface area contributed by atoms with Crippen molar-refractivity contribution in [3.05, 3.63) is 21.4 Å². The van der Waals surface area contributed by atoms with Crippen molar-refractivity contribution >= 4 is 33.2 Å². The number of pyridine rings is 1. The molecule has 0 aromatic carbocycles. The van der Waals surface area contributed by atoms with Crippen LogP contribution in [0.25, 0.3) is 0 Å². The predicted molar refractivity (Wildman–Crippen MR) is 57.4 cm³/mol. The average Bonchev–Trinajstić information content (AvgIpc) is 2.12. The molecule has 0 saturated carbocycles. The first-order valence-corrected chi connectivity index (χ1v) is 4.86. The molecule has 0 radical (unpaired) electrons. The minimum absolute atomic E-state index is 0.406. The third-order valence-electron chi connectivity index (χ3n) is 1.21. The third-order valence-corrected chi connectivity index (χ3v) is 2.53. The maximum Gasteiger partial charge on any atom is 0.145 e. The van der Waals surface area contributed by atoms with Crippen molar-refractivity contribution in [2.75, 3.05) is 5.73 Å². The molecule has 1 rings (SSSR count). The lowest BCUT2D eigenvalue weighted by atomic mass is 10.3. The van der Waals surface area contributed by atoms with Gasteiger partial charge < -0.3 is 5.73 Å². The van der Waals surface area contributed by atoms with E-state index in [4.69, 9.17) is 17.3 Å². The van der Waals surface area contributed by atoms with E-state index < -0.39 is 0 Å². The van der Waals surface area contributed by atoms with Gasteiger partial charge in [-0.25, -0.2) is 4.98 Å². The SMILES string of the molecule is CC.Cc1cnc(Cl)c(Br)c1N. The van der Waals surface area contributed by atoms with Gasteiger partial charge in [-0.1, -0.05) is 25.4 Å². The largest absolute Gasteiger partial charge is 0.397 e. The summed E-state index contributed by atoms with van der Waals surface area (Å²) in [6.07, 6.45) is 1.64. The molecule has 0 amide bonds. The van der Waals surface area contributed by atoms with Crippen molar-refractivity contribution in [3.8, 4) is 0 Å². The number of aryl methyl sites for hydroxylation is 1. The Bertz CT molecular complexity index is 236. The predicted octanol–water partition coefficient (Wildman–Crippen LogP) is 3.41. The smallest absolute Gasteiger partial charge is 0.145 e. The Kier molecular flexibility index (Phi) is 5.25. The lowest BCUT2D eigenvalue weighted by Gasteiger charge is -2.01. The molecule has 68 valence electrons. The molecule has 12 heavy (non-hydrogen) atoms. The molecular formula is C8H12BrClN2. The number of anilines is 1. The Labute approximate surface area is 86.3 Å². The standard InChI is InChI=1S/C6H6BrClN2.C2H6/c1-3-2-10-6(8)4(7)5(3)9;1-2/h2H,1H3,(H2,9,10);1-2H3. The summed E-state index contributed by atoms with van der Waals surface area (Å²) in [7, 11) is 0. The van der Waals surface area contributed by atoms with Crippen LogP contribution in [-0.2, 0) is 0 Å². The van der Waals surface area contributed by atoms with Gasteiger partial charge in [0, 0.05) is 6.20 Å². The van der Waals surface area contributed by atoms with E-state index in [0.29, 0.717) is 15.3 Å². The summed E-state index contributed by atoms with van der Waals surface area (Å²) in [5, 5.41) is 0.406. The summed E-state index contributed by atoms with van der Waals surface area (Å²) in [6, 6.07) is 0. The quantitative estimate of drug-likeness (QED) is 0.718. The molecule has 0 aliphatic rings. The molecule has 0 saturated heterocycles. The van der Waals surface area contributed by atoms with Crippen LogP contribution in [-0.4, -0.2) is 4.98 Å². The minimum Gasteiger partial charge on any atom is -0.397 e. The summed E-state index contributed by atoms with van der Waals surface area (Å²) in [4.78, 5) is 3.88. The second-order valence-corrected chi connectivity index (χ2v) is 3.11. The summed E-state index contributed by atoms with van der Waals surface area (Å²) in [6.45, 7) is 5.88. The number of hydrogen-bond acceptors (Lipinski definition) is 2. The third kappa shape index (κ3) is 2.64. The Hall–Kier alpha value is -0.280. The van der Waals surface area contributed by atoms with Crippen molar-refractivity contribution in [2.24, 2.45) is 0 Å². The second-order valence-electron chi connectivity index (χ2n) is 1.96. The van der Waals surface area contributed by atoms with Crippen LogP contribution in [0.5, 0.6) is 0 Å². The van der Waals surface area contributed by atoms with Gasteiger partial charge >= 0.3 is 0 Å². The monoisotopic (exact) mass is 250 g/mol. The van der Waals surface area contributed by atoms with E-state index in [0.717, 1.165) is 5.56 Å². The summed E-state index contributed by atoms with van der Waals surface area (Å²) >= 11 is 8.86. The molecule has 0 aliphatic heterocycles. The average molecular weight is 252 g/mol. The van der Waals surface area contributed by atoms with Crippen molar-refractivity contribution < 1.29 is 0 Å². The van der Waals surface area contributed by atoms with Crippen LogP contribution in [0.3, 0.4) is 0 Å². The molecule has 0 bridgehead atoms. The van der Waals surface area contributed by atoms with Gasteiger partial charge in [-0.15, -0.1) is 0 Å². The van der Waals surface area contributed by atoms with Crippen molar-refractivity contribution in [2.45, 2.75) is 20.8 Å². The first-order valence-electron chi connectivity index (χ1n) is 3.69. The highest BCUT2D eigenvalue weighted by molar-refractivity contribution is 9.10. The van der Waals surface area contributed by atoms with E-state index in [-0.39, 0.29) is 0 Å². The van der Waals surface area contributed by atoms with Gasteiger partial charge in [-0.2, -0.15) is 0 Å². The molecule has 0 atom stereocenters. The molecule has 0 spiro atoms. The normalized spacial score (nSPS) is 8.75. The molecular weight excluding hydrogens is 239 g/mol. The highest BCUT2D eigenvalue weighted by Gasteiger charge is 2.03. The lowest BCUT2D eigenvalue weighted by Crippen LogP contribution is -1.92. The fourth-order valence-corrected chi connectivity index (χ4v) is 1.13. The maximum absolute atomic E-state index is 5.65. The minimum atomic E-state index is 0.406. The maximum atomic E-state index is 5.65. The number of hydrogen-bond donors (Lipinski definition) is 1. The molecule has 2 N–H and O–H groups in total. The van der Waals surface area contributed by atoms with Gasteiger partial charge in [0.25, 0.3) is 0 Å². The zero-order chi connectivity index (χ0) is 9.72. The summed E-state index contributed by atoms with van der Waals surface area (Å²) < 4.78 is 0.675. The lowest BCUT2D eigenvalue weighted by molar-refractivity contribution is 1.26. The van der Waals surface area contributed by atoms with Crippen LogP contribution in [0.15, 0.2) is 10.7 Å². The molecule has 0 fully saturated rings. The van der Waals surface area contributed by atoms with Gasteiger partial charge in [0.15, 0.2) is 0 Å². The Balaban J connectivity index is 0.000000561. The van der Waals surface area contributed by atoms with Gasteiger partial charge in [0.05, 0.1) is 10.2 Å². The van der Waals surface area contributed by atoms with Gasteiger partial charge in [-0.3, -0.25) is 0 Å². The van der Waals surface area contributed by atoms with Gasteiger partial charge in [0.1, 0.15) is 5.15 Å². The number of nitrogens with two attached hydrogens (primary N) is 1. The van der Waals surface area contributed by atoms with Crippen LogP contribution in [0, 0.1) is 6.92 Å². The van der Waals surface area contributed by atoms with Crippen LogP contribution in [0.4, 0.5) is 5.69 Å². The van der Waals surface area contributed by atoms with E-state index in [9.17, 15) is 0 Å². The summed E-state index contributed by atoms with van der Waals surface area (Å²) in [5.74, 6) is 0. The molecule has 1 heterocycles. The van der Waals surface area contributed by atoms with Gasteiger partial charge in [-0.05, 0) is 28.4 Å². The van der Waals surface area contributed by atoms with E-state index >= 15 is 0 Å². The number of nitrogens with zero attached hydrogens (tertiary/aromatic N) is 1. The molecule has 0 aliphatic carbocycles. The second kappa shape index (κ2) is 5.38. The Morgan fingerprint density at radius 2 is 2.00 bits per heavy atom. The highest BCUT2D eigenvalue weighted by atomic mass is 79.9. The first kappa shape index (κ1) is 11.7. The van der Waals surface area contributed by atoms with Crippen molar-refractivity contribution in [1.82, 2.24) is 4.98 Å². The van der Waals surface area contributed by atoms with Crippen LogP contribution in [0.1, 0.15) is 19.4 Å². The zero-order valence-electron chi connectivity index (χ0n) is 7.36. The molecule has 2 nitrogen and oxygen atoms in total. The Morgan fingerprint density at radius 1 is 1.50 bits per heavy atom. The highest BCUT2D eigenvalue weighted by Crippen LogP contribution is 2.28. The molecule has 1 aromatic rings. The number of nitrogen functional groups attached to an aromatic ring is 1. The molecule has 4 heteroatoms. The van der Waals surface area contributed by atoms with Crippen LogP contribution in [0.2, 0.25) is 5.15 Å². The van der Waals surface area contributed by atoms with E-state index in [2.05, 4.69) is 20.9 Å². The number of rotatable bonds is 0. The van der Waals surface area contributed by atoms with Crippen molar-refractivity contribution in [3.63, 3.8) is 0 Å². The molecule has 0 unspecified atom stereocenters. The summed E-state index contributed by atoms with van der Waals surface area (Å²) in [5.41, 5.74) is 7.19. The van der Waals surface area contributed by atoms with Crippen LogP contribution < -0.4 is 5.73 Å². The molecule has 1 aromatic heterocycles. The van der Waals surface area contributed by atoms with Gasteiger partial charge in [0.2, 0.25) is 0 Å². The number of aromatic nitrogens is 1. The first-order chi connectivity index (χ1) is 5.63. The fraction of sp³-hybridized carbons (Fsp3) is 0.375. The van der Waals surface area contributed by atoms with Crippen molar-refractivity contribution in [1.29, 1.82) is 0 Å². The Morgan fingerprint density at radius 3 is 2.42 bits per heavy atom. The van der Waals surface area contributed by atoms with E-state index in [1.165, 1.54) is 0 Å². The fourth-order valence-electron chi connectivity index (χ4n) is 0.564. The zero-order valence-corrected chi connectivity index (χ0v) is 9.70.